The van der Waals surface area contributed by atoms with E-state index in [4.69, 9.17) is 4.74 Å². The van der Waals surface area contributed by atoms with Crippen LogP contribution >= 0.6 is 0 Å². The van der Waals surface area contributed by atoms with Crippen LogP contribution in [0.2, 0.25) is 0 Å². The molecule has 0 unspecified atom stereocenters. The zero-order chi connectivity index (χ0) is 18.5. The number of amides is 1. The Morgan fingerprint density at radius 2 is 2.04 bits per heavy atom. The Bertz CT molecular complexity index is 879. The minimum Gasteiger partial charge on any atom is -0.493 e. The summed E-state index contributed by atoms with van der Waals surface area (Å²) in [6.45, 7) is -2.98. The lowest BCUT2D eigenvalue weighted by Crippen LogP contribution is -2.13. The number of nitrogens with one attached hydrogen (secondary N) is 2. The molecule has 0 fully saturated rings. The zero-order valence-electron chi connectivity index (χ0n) is 14.0. The van der Waals surface area contributed by atoms with Gasteiger partial charge in [-0.2, -0.15) is 8.78 Å². The number of rotatable bonds is 7. The third kappa shape index (κ3) is 4.27. The van der Waals surface area contributed by atoms with Crippen molar-refractivity contribution in [3.63, 3.8) is 0 Å². The smallest absolute Gasteiger partial charge is 0.387 e. The van der Waals surface area contributed by atoms with Gasteiger partial charge in [-0.1, -0.05) is 12.1 Å². The van der Waals surface area contributed by atoms with Gasteiger partial charge >= 0.3 is 6.61 Å². The number of hydrogen-bond donors (Lipinski definition) is 2. The highest BCUT2D eigenvalue weighted by molar-refractivity contribution is 5.91. The van der Waals surface area contributed by atoms with E-state index in [0.29, 0.717) is 17.9 Å². The van der Waals surface area contributed by atoms with E-state index in [1.165, 1.54) is 19.2 Å². The van der Waals surface area contributed by atoms with Crippen molar-refractivity contribution in [2.24, 2.45) is 0 Å². The van der Waals surface area contributed by atoms with Crippen LogP contribution in [0.15, 0.2) is 42.5 Å². The van der Waals surface area contributed by atoms with E-state index in [1.807, 2.05) is 24.3 Å². The molecule has 2 N–H and O–H groups in total. The average molecular weight is 361 g/mol. The fourth-order valence-corrected chi connectivity index (χ4v) is 2.52. The summed E-state index contributed by atoms with van der Waals surface area (Å²) in [6.07, 6.45) is 0.619. The number of methoxy groups -OCH3 is 1. The lowest BCUT2D eigenvalue weighted by atomic mass is 10.2. The van der Waals surface area contributed by atoms with Crippen molar-refractivity contribution in [1.29, 1.82) is 0 Å². The van der Waals surface area contributed by atoms with Crippen molar-refractivity contribution in [3.05, 3.63) is 48.3 Å². The molecule has 0 aliphatic carbocycles. The summed E-state index contributed by atoms with van der Waals surface area (Å²) in [7, 11) is 1.35. The normalized spacial score (nSPS) is 10.9. The van der Waals surface area contributed by atoms with E-state index in [-0.39, 0.29) is 23.8 Å². The fourth-order valence-electron chi connectivity index (χ4n) is 2.52. The topological polar surface area (TPSA) is 76.2 Å². The third-order valence-corrected chi connectivity index (χ3v) is 3.69. The van der Waals surface area contributed by atoms with Gasteiger partial charge in [0.05, 0.1) is 18.1 Å². The van der Waals surface area contributed by atoms with Gasteiger partial charge in [-0.05, 0) is 24.3 Å². The summed E-state index contributed by atoms with van der Waals surface area (Å²) < 4.78 is 34.3. The summed E-state index contributed by atoms with van der Waals surface area (Å²) in [4.78, 5) is 19.7. The Kier molecular flexibility index (Phi) is 5.31. The summed E-state index contributed by atoms with van der Waals surface area (Å²) in [5.74, 6) is 0.458. The van der Waals surface area contributed by atoms with Crippen molar-refractivity contribution < 1.29 is 23.0 Å². The molecule has 26 heavy (non-hydrogen) atoms. The number of alkyl halides is 2. The lowest BCUT2D eigenvalue weighted by molar-refractivity contribution is -0.116. The van der Waals surface area contributed by atoms with Gasteiger partial charge in [-0.25, -0.2) is 4.98 Å². The van der Waals surface area contributed by atoms with Gasteiger partial charge in [0, 0.05) is 24.6 Å². The maximum absolute atomic E-state index is 12.5. The number of halogens is 2. The van der Waals surface area contributed by atoms with Crippen molar-refractivity contribution in [3.8, 4) is 11.5 Å². The lowest BCUT2D eigenvalue weighted by Gasteiger charge is -2.12. The molecular formula is C18H17F2N3O3. The van der Waals surface area contributed by atoms with Crippen LogP contribution in [0.25, 0.3) is 11.0 Å². The molecule has 3 rings (SSSR count). The number of benzene rings is 2. The first kappa shape index (κ1) is 17.7. The number of aryl methyl sites for hydroxylation is 1. The third-order valence-electron chi connectivity index (χ3n) is 3.69. The van der Waals surface area contributed by atoms with E-state index >= 15 is 0 Å². The van der Waals surface area contributed by atoms with E-state index in [2.05, 4.69) is 20.0 Å². The maximum Gasteiger partial charge on any atom is 0.387 e. The molecule has 2 aromatic carbocycles. The van der Waals surface area contributed by atoms with Crippen LogP contribution in [0.1, 0.15) is 12.2 Å². The average Bonchev–Trinajstić information content (AvgIpc) is 3.03. The van der Waals surface area contributed by atoms with Gasteiger partial charge in [-0.15, -0.1) is 0 Å². The van der Waals surface area contributed by atoms with E-state index in [9.17, 15) is 13.6 Å². The SMILES string of the molecule is COc1ccc(NC(=O)CCc2nc3ccccc3[nH]2)cc1OC(F)F. The number of aromatic nitrogens is 2. The van der Waals surface area contributed by atoms with Gasteiger partial charge in [0.2, 0.25) is 5.91 Å². The minimum atomic E-state index is -2.98. The van der Waals surface area contributed by atoms with Crippen LogP contribution in [-0.2, 0) is 11.2 Å². The molecule has 0 aliphatic rings. The number of H-pyrrole nitrogens is 1. The molecule has 0 bridgehead atoms. The molecule has 6 nitrogen and oxygen atoms in total. The number of para-hydroxylation sites is 2. The number of aromatic amines is 1. The molecule has 0 atom stereocenters. The van der Waals surface area contributed by atoms with Crippen LogP contribution in [0, 0.1) is 0 Å². The molecule has 8 heteroatoms. The van der Waals surface area contributed by atoms with Crippen LogP contribution in [-0.4, -0.2) is 29.6 Å². The van der Waals surface area contributed by atoms with Crippen molar-refractivity contribution >= 4 is 22.6 Å². The van der Waals surface area contributed by atoms with Gasteiger partial charge in [0.1, 0.15) is 5.82 Å². The van der Waals surface area contributed by atoms with Crippen LogP contribution in [0.5, 0.6) is 11.5 Å². The molecule has 0 aliphatic heterocycles. The zero-order valence-corrected chi connectivity index (χ0v) is 14.0. The number of anilines is 1. The predicted molar refractivity (Wildman–Crippen MR) is 92.7 cm³/mol. The van der Waals surface area contributed by atoms with Crippen molar-refractivity contribution in [2.45, 2.75) is 19.5 Å². The second-order valence-corrected chi connectivity index (χ2v) is 5.49. The molecular weight excluding hydrogens is 344 g/mol. The first-order valence-electron chi connectivity index (χ1n) is 7.91. The number of ether oxygens (including phenoxy) is 2. The monoisotopic (exact) mass is 361 g/mol. The molecule has 0 saturated carbocycles. The van der Waals surface area contributed by atoms with Gasteiger partial charge in [0.15, 0.2) is 11.5 Å². The standard InChI is InChI=1S/C18H17F2N3O3/c1-25-14-7-6-11(10-15(14)26-18(19)20)21-17(24)9-8-16-22-12-4-2-3-5-13(12)23-16/h2-7,10,18H,8-9H2,1H3,(H,21,24)(H,22,23). The Morgan fingerprint density at radius 1 is 1.23 bits per heavy atom. The van der Waals surface area contributed by atoms with Crippen LogP contribution < -0.4 is 14.8 Å². The number of carbonyl (C=O) groups excluding carboxylic acids is 1. The minimum absolute atomic E-state index is 0.141. The molecule has 0 radical (unpaired) electrons. The Labute approximate surface area is 148 Å². The second-order valence-electron chi connectivity index (χ2n) is 5.49. The largest absolute Gasteiger partial charge is 0.493 e. The van der Waals surface area contributed by atoms with E-state index in [1.54, 1.807) is 6.07 Å². The first-order chi connectivity index (χ1) is 12.5. The molecule has 136 valence electrons. The molecule has 1 aromatic heterocycles. The van der Waals surface area contributed by atoms with Crippen molar-refractivity contribution in [1.82, 2.24) is 9.97 Å². The highest BCUT2D eigenvalue weighted by Crippen LogP contribution is 2.31. The van der Waals surface area contributed by atoms with Crippen LogP contribution in [0.3, 0.4) is 0 Å². The van der Waals surface area contributed by atoms with Crippen molar-refractivity contribution in [2.75, 3.05) is 12.4 Å². The van der Waals surface area contributed by atoms with Gasteiger partial charge < -0.3 is 19.8 Å². The number of nitrogens with zero attached hydrogens (tertiary/aromatic N) is 1. The number of hydrogen-bond acceptors (Lipinski definition) is 4. The van der Waals surface area contributed by atoms with E-state index in [0.717, 1.165) is 11.0 Å². The Hall–Kier alpha value is -3.16. The number of imidazole rings is 1. The summed E-state index contributed by atoms with van der Waals surface area (Å²) >= 11 is 0. The highest BCUT2D eigenvalue weighted by Gasteiger charge is 2.13. The number of carbonyl (C=O) groups is 1. The van der Waals surface area contributed by atoms with Gasteiger partial charge in [-0.3, -0.25) is 4.79 Å². The highest BCUT2D eigenvalue weighted by atomic mass is 19.3. The van der Waals surface area contributed by atoms with Gasteiger partial charge in [0.25, 0.3) is 0 Å². The Morgan fingerprint density at radius 3 is 2.77 bits per heavy atom. The summed E-state index contributed by atoms with van der Waals surface area (Å²) in [6, 6.07) is 11.9. The predicted octanol–water partition coefficient (Wildman–Crippen LogP) is 3.74. The number of fused-ring (bicyclic) bond motifs is 1. The maximum atomic E-state index is 12.5. The molecule has 1 amide bonds. The fraction of sp³-hybridized carbons (Fsp3) is 0.222. The Balaban J connectivity index is 1.62. The first-order valence-corrected chi connectivity index (χ1v) is 7.91. The van der Waals surface area contributed by atoms with Crippen LogP contribution in [0.4, 0.5) is 14.5 Å². The molecule has 3 aromatic rings. The molecule has 0 spiro atoms. The quantitative estimate of drug-likeness (QED) is 0.672. The van der Waals surface area contributed by atoms with E-state index < -0.39 is 6.61 Å². The summed E-state index contributed by atoms with van der Waals surface area (Å²) in [5, 5.41) is 2.65. The summed E-state index contributed by atoms with van der Waals surface area (Å²) in [5.41, 5.74) is 2.09. The molecule has 0 saturated heterocycles. The molecule has 1 heterocycles. The second kappa shape index (κ2) is 7.81.